The van der Waals surface area contributed by atoms with E-state index in [0.29, 0.717) is 23.9 Å². The molecule has 2 saturated heterocycles. The third-order valence-corrected chi connectivity index (χ3v) is 4.54. The van der Waals surface area contributed by atoms with E-state index in [1.165, 1.54) is 7.11 Å². The Morgan fingerprint density at radius 3 is 2.39 bits per heavy atom. The molecule has 0 amide bonds. The maximum absolute atomic E-state index is 11.4. The molecule has 23 heavy (non-hydrogen) atoms. The third-order valence-electron chi connectivity index (χ3n) is 4.18. The molecule has 124 valence electrons. The first-order valence-corrected chi connectivity index (χ1v) is 8.05. The van der Waals surface area contributed by atoms with Crippen LogP contribution in [0.5, 0.6) is 0 Å². The Bertz CT molecular complexity index is 574. The number of likely N-dealkylation sites (tertiary alicyclic amines) is 1. The van der Waals surface area contributed by atoms with Crippen LogP contribution < -0.4 is 5.32 Å². The van der Waals surface area contributed by atoms with Gasteiger partial charge in [0.1, 0.15) is 0 Å². The first-order chi connectivity index (χ1) is 11.1. The molecule has 1 aromatic rings. The third kappa shape index (κ3) is 3.63. The monoisotopic (exact) mass is 336 g/mol. The van der Waals surface area contributed by atoms with Crippen molar-refractivity contribution in [2.45, 2.75) is 18.6 Å². The molecule has 3 rings (SSSR count). The lowest BCUT2D eigenvalue weighted by Gasteiger charge is -2.38. The quantitative estimate of drug-likeness (QED) is 0.655. The van der Waals surface area contributed by atoms with E-state index in [9.17, 15) is 4.79 Å². The highest BCUT2D eigenvalue weighted by Gasteiger charge is 2.40. The van der Waals surface area contributed by atoms with Crippen molar-refractivity contribution >= 4 is 29.0 Å². The van der Waals surface area contributed by atoms with Gasteiger partial charge in [0.05, 0.1) is 25.9 Å². The van der Waals surface area contributed by atoms with Crippen molar-refractivity contribution in [2.24, 2.45) is 0 Å². The van der Waals surface area contributed by atoms with Gasteiger partial charge >= 0.3 is 5.97 Å². The van der Waals surface area contributed by atoms with Crippen molar-refractivity contribution in [1.29, 1.82) is 0 Å². The summed E-state index contributed by atoms with van der Waals surface area (Å²) >= 11 is 5.47. The Balaban J connectivity index is 1.54. The number of hydrogen-bond acceptors (Lipinski definition) is 5. The number of nitrogens with zero attached hydrogens (tertiary/aromatic N) is 1. The molecular weight excluding hydrogens is 316 g/mol. The maximum atomic E-state index is 11.4. The van der Waals surface area contributed by atoms with Crippen LogP contribution in [0.3, 0.4) is 0 Å². The second-order valence-corrected chi connectivity index (χ2v) is 5.98. The number of anilines is 1. The highest BCUT2D eigenvalue weighted by molar-refractivity contribution is 7.80. The van der Waals surface area contributed by atoms with Gasteiger partial charge in [0.2, 0.25) is 0 Å². The van der Waals surface area contributed by atoms with Gasteiger partial charge in [0.15, 0.2) is 10.9 Å². The molecule has 1 aromatic carbocycles. The summed E-state index contributed by atoms with van der Waals surface area (Å²) in [5.74, 6) is -0.745. The van der Waals surface area contributed by atoms with E-state index in [-0.39, 0.29) is 5.97 Å². The summed E-state index contributed by atoms with van der Waals surface area (Å²) in [6, 6.07) is 7.05. The summed E-state index contributed by atoms with van der Waals surface area (Å²) in [4.78, 5) is 13.5. The van der Waals surface area contributed by atoms with Crippen molar-refractivity contribution in [1.82, 2.24) is 4.90 Å². The van der Waals surface area contributed by atoms with Crippen LogP contribution in [0.2, 0.25) is 0 Å². The molecule has 1 N–H and O–H groups in total. The van der Waals surface area contributed by atoms with Gasteiger partial charge in [-0.2, -0.15) is 0 Å². The van der Waals surface area contributed by atoms with Gasteiger partial charge in [-0.15, -0.1) is 0 Å². The topological polar surface area (TPSA) is 60.0 Å². The number of esters is 1. The molecule has 7 heteroatoms. The Labute approximate surface area is 140 Å². The van der Waals surface area contributed by atoms with E-state index in [2.05, 4.69) is 15.0 Å². The highest BCUT2D eigenvalue weighted by atomic mass is 32.1. The molecule has 2 aliphatic heterocycles. The van der Waals surface area contributed by atoms with Crippen LogP contribution in [0.15, 0.2) is 24.3 Å². The van der Waals surface area contributed by atoms with Gasteiger partial charge in [0, 0.05) is 31.6 Å². The predicted octanol–water partition coefficient (Wildman–Crippen LogP) is 2.01. The zero-order chi connectivity index (χ0) is 16.3. The number of thiocarbonyl (C=S) groups is 1. The van der Waals surface area contributed by atoms with E-state index in [4.69, 9.17) is 21.7 Å². The van der Waals surface area contributed by atoms with Crippen molar-refractivity contribution < 1.29 is 19.0 Å². The fourth-order valence-corrected chi connectivity index (χ4v) is 3.15. The molecule has 0 bridgehead atoms. The second-order valence-electron chi connectivity index (χ2n) is 5.59. The Morgan fingerprint density at radius 2 is 1.83 bits per heavy atom. The van der Waals surface area contributed by atoms with Crippen LogP contribution in [-0.4, -0.2) is 55.2 Å². The molecule has 2 aliphatic rings. The molecule has 0 radical (unpaired) electrons. The van der Waals surface area contributed by atoms with E-state index >= 15 is 0 Å². The molecule has 2 heterocycles. The number of methoxy groups -OCH3 is 1. The van der Waals surface area contributed by atoms with Crippen molar-refractivity contribution in [3.63, 3.8) is 0 Å². The molecule has 0 unspecified atom stereocenters. The number of nitrogens with one attached hydrogen (secondary N) is 1. The molecule has 0 saturated carbocycles. The lowest BCUT2D eigenvalue weighted by atomic mass is 10.0. The number of hydrogen-bond donors (Lipinski definition) is 1. The molecule has 0 aromatic heterocycles. The summed E-state index contributed by atoms with van der Waals surface area (Å²) in [6.07, 6.45) is 1.63. The summed E-state index contributed by atoms with van der Waals surface area (Å²) in [7, 11) is 1.37. The summed E-state index contributed by atoms with van der Waals surface area (Å²) < 4.78 is 16.1. The molecule has 2 fully saturated rings. The number of benzene rings is 1. The highest BCUT2D eigenvalue weighted by Crippen LogP contribution is 2.31. The van der Waals surface area contributed by atoms with Crippen LogP contribution in [0.1, 0.15) is 23.2 Å². The van der Waals surface area contributed by atoms with Gasteiger partial charge in [0.25, 0.3) is 0 Å². The van der Waals surface area contributed by atoms with Crippen molar-refractivity contribution in [2.75, 3.05) is 38.7 Å². The Morgan fingerprint density at radius 1 is 1.22 bits per heavy atom. The first kappa shape index (κ1) is 16.2. The summed E-state index contributed by atoms with van der Waals surface area (Å²) in [6.45, 7) is 2.95. The second kappa shape index (κ2) is 6.82. The zero-order valence-electron chi connectivity index (χ0n) is 13.0. The standard InChI is InChI=1S/C16H20N2O4S/c1-20-14(19)12-2-4-13(5-3-12)17-15(23)18-8-6-16(7-9-18)21-10-11-22-16/h2-5H,6-11H2,1H3,(H,17,23). The number of piperidine rings is 1. The van der Waals surface area contributed by atoms with E-state index in [1.54, 1.807) is 12.1 Å². The fraction of sp³-hybridized carbons (Fsp3) is 0.500. The minimum Gasteiger partial charge on any atom is -0.465 e. The minimum atomic E-state index is -0.395. The molecule has 6 nitrogen and oxygen atoms in total. The van der Waals surface area contributed by atoms with Gasteiger partial charge in [-0.05, 0) is 36.5 Å². The maximum Gasteiger partial charge on any atom is 0.337 e. The van der Waals surface area contributed by atoms with E-state index < -0.39 is 5.79 Å². The van der Waals surface area contributed by atoms with Crippen molar-refractivity contribution in [3.8, 4) is 0 Å². The van der Waals surface area contributed by atoms with E-state index in [0.717, 1.165) is 31.6 Å². The Kier molecular flexibility index (Phi) is 4.79. The lowest BCUT2D eigenvalue weighted by Crippen LogP contribution is -2.48. The fourth-order valence-electron chi connectivity index (χ4n) is 2.85. The SMILES string of the molecule is COC(=O)c1ccc(NC(=S)N2CCC3(CC2)OCCO3)cc1. The lowest BCUT2D eigenvalue weighted by molar-refractivity contribution is -0.180. The van der Waals surface area contributed by atoms with Gasteiger partial charge in [-0.1, -0.05) is 0 Å². The predicted molar refractivity (Wildman–Crippen MR) is 89.4 cm³/mol. The normalized spacial score (nSPS) is 19.6. The average molecular weight is 336 g/mol. The van der Waals surface area contributed by atoms with E-state index in [1.807, 2.05) is 12.1 Å². The smallest absolute Gasteiger partial charge is 0.337 e. The summed E-state index contributed by atoms with van der Waals surface area (Å²) in [5, 5.41) is 3.87. The molecule has 0 atom stereocenters. The molecule has 0 aliphatic carbocycles. The van der Waals surface area contributed by atoms with Crippen LogP contribution in [0, 0.1) is 0 Å². The van der Waals surface area contributed by atoms with Crippen LogP contribution >= 0.6 is 12.2 Å². The number of ether oxygens (including phenoxy) is 3. The number of carbonyl (C=O) groups is 1. The average Bonchev–Trinajstić information content (AvgIpc) is 3.03. The first-order valence-electron chi connectivity index (χ1n) is 7.64. The van der Waals surface area contributed by atoms with Gasteiger partial charge in [-0.25, -0.2) is 4.79 Å². The van der Waals surface area contributed by atoms with Crippen LogP contribution in [0.4, 0.5) is 5.69 Å². The Hall–Kier alpha value is -1.70. The minimum absolute atomic E-state index is 0.350. The van der Waals surface area contributed by atoms with Gasteiger partial charge < -0.3 is 24.4 Å². The molecular formula is C16H20N2O4S. The van der Waals surface area contributed by atoms with Gasteiger partial charge in [-0.3, -0.25) is 0 Å². The summed E-state index contributed by atoms with van der Waals surface area (Å²) in [5.41, 5.74) is 1.36. The number of rotatable bonds is 2. The van der Waals surface area contributed by atoms with Crippen LogP contribution in [0.25, 0.3) is 0 Å². The van der Waals surface area contributed by atoms with Crippen molar-refractivity contribution in [3.05, 3.63) is 29.8 Å². The largest absolute Gasteiger partial charge is 0.465 e. The van der Waals surface area contributed by atoms with Crippen LogP contribution in [-0.2, 0) is 14.2 Å². The molecule has 1 spiro atoms. The zero-order valence-corrected chi connectivity index (χ0v) is 13.9. The number of carbonyl (C=O) groups excluding carboxylic acids is 1.